The van der Waals surface area contributed by atoms with Crippen molar-refractivity contribution in [2.75, 3.05) is 24.7 Å². The lowest BCUT2D eigenvalue weighted by Crippen LogP contribution is -2.35. The van der Waals surface area contributed by atoms with Crippen molar-refractivity contribution in [1.82, 2.24) is 39.0 Å². The second-order valence-corrected chi connectivity index (χ2v) is 13.6. The highest BCUT2D eigenvalue weighted by Gasteiger charge is 2.55. The summed E-state index contributed by atoms with van der Waals surface area (Å²) in [4.78, 5) is 45.6. The molecule has 3 aliphatic heterocycles. The second kappa shape index (κ2) is 11.0. The van der Waals surface area contributed by atoms with Crippen LogP contribution in [0.5, 0.6) is 0 Å². The molecule has 3 saturated heterocycles. The summed E-state index contributed by atoms with van der Waals surface area (Å²) in [5, 5.41) is 11.0. The Balaban J connectivity index is 1.18. The predicted molar refractivity (Wildman–Crippen MR) is 147 cm³/mol. The summed E-state index contributed by atoms with van der Waals surface area (Å²) in [6, 6.07) is 0. The topological polar surface area (TPSA) is 272 Å². The number of ether oxygens (including phenoxy) is 2. The lowest BCUT2D eigenvalue weighted by Gasteiger charge is -2.25. The van der Waals surface area contributed by atoms with E-state index in [-0.39, 0.29) is 34.1 Å². The Morgan fingerprint density at radius 2 is 1.77 bits per heavy atom. The number of imidazole rings is 2. The molecule has 10 atom stereocenters. The van der Waals surface area contributed by atoms with Crippen molar-refractivity contribution in [1.29, 1.82) is 0 Å². The highest BCUT2D eigenvalue weighted by atomic mass is 32.5. The first-order valence-electron chi connectivity index (χ1n) is 12.7. The average Bonchev–Trinajstić information content (AvgIpc) is 3.72. The summed E-state index contributed by atoms with van der Waals surface area (Å²) < 4.78 is 65.2. The number of hydrogen-bond acceptors (Lipinski definition) is 17. The Kier molecular flexibility index (Phi) is 7.41. The lowest BCUT2D eigenvalue weighted by atomic mass is 10.1. The van der Waals surface area contributed by atoms with E-state index >= 15 is 4.39 Å². The Morgan fingerprint density at radius 1 is 1.05 bits per heavy atom. The first kappa shape index (κ1) is 29.6. The van der Waals surface area contributed by atoms with Gasteiger partial charge in [-0.1, -0.05) is 0 Å². The van der Waals surface area contributed by atoms with Crippen LogP contribution in [-0.4, -0.2) is 98.9 Å². The van der Waals surface area contributed by atoms with Gasteiger partial charge in [0.2, 0.25) is 5.95 Å². The number of fused-ring (bicyclic) bond motifs is 5. The summed E-state index contributed by atoms with van der Waals surface area (Å²) in [6.07, 6.45) is -8.09. The predicted octanol–water partition coefficient (Wildman–Crippen LogP) is -0.691. The molecule has 2 unspecified atom stereocenters. The molecule has 0 radical (unpaired) electrons. The number of nitrogens with zero attached hydrogens (tertiary/aromatic N) is 7. The Morgan fingerprint density at radius 3 is 2.57 bits per heavy atom. The van der Waals surface area contributed by atoms with Gasteiger partial charge in [0.15, 0.2) is 47.4 Å². The minimum Gasteiger partial charge on any atom is -0.387 e. The van der Waals surface area contributed by atoms with Crippen LogP contribution in [0.4, 0.5) is 16.2 Å². The maximum Gasteiger partial charge on any atom is 0.698 e. The molecule has 4 aromatic heterocycles. The number of H-pyrrole nitrogens is 1. The molecule has 0 aliphatic carbocycles. The van der Waals surface area contributed by atoms with Crippen molar-refractivity contribution in [2.24, 2.45) is 0 Å². The third-order valence-corrected chi connectivity index (χ3v) is 9.51. The van der Waals surface area contributed by atoms with Gasteiger partial charge < -0.3 is 35.5 Å². The zero-order chi connectivity index (χ0) is 30.9. The van der Waals surface area contributed by atoms with Crippen LogP contribution in [0.3, 0.4) is 0 Å². The van der Waals surface area contributed by atoms with Crippen LogP contribution in [0.1, 0.15) is 12.5 Å². The molecule has 7 heterocycles. The number of nitrogen functional groups attached to an aromatic ring is 2. The number of aliphatic hydroxyl groups excluding tert-OH is 1. The zero-order valence-electron chi connectivity index (χ0n) is 21.9. The highest BCUT2D eigenvalue weighted by molar-refractivity contribution is 8.07. The van der Waals surface area contributed by atoms with Crippen molar-refractivity contribution in [3.8, 4) is 0 Å². The van der Waals surface area contributed by atoms with E-state index in [4.69, 9.17) is 50.8 Å². The smallest absolute Gasteiger partial charge is 0.387 e. The van der Waals surface area contributed by atoms with Gasteiger partial charge in [-0.05, 0) is 11.8 Å². The second-order valence-electron chi connectivity index (χ2n) is 9.85. The molecule has 3 fully saturated rings. The molecule has 24 heteroatoms. The zero-order valence-corrected chi connectivity index (χ0v) is 24.5. The molecule has 0 amide bonds. The third-order valence-electron chi connectivity index (χ3n) is 7.17. The maximum absolute atomic E-state index is 16.0. The number of nitrogens with one attached hydrogen (secondary N) is 1. The molecule has 0 aromatic carbocycles. The molecule has 44 heavy (non-hydrogen) atoms. The fraction of sp³-hybridized carbons (Fsp3) is 0.500. The van der Waals surface area contributed by atoms with Crippen molar-refractivity contribution < 1.29 is 46.5 Å². The van der Waals surface area contributed by atoms with Gasteiger partial charge in [0.1, 0.15) is 42.9 Å². The number of nitrogens with two attached hydrogens (primary N) is 2. The maximum atomic E-state index is 16.0. The van der Waals surface area contributed by atoms with E-state index in [1.54, 1.807) is 0 Å². The number of halogens is 1. The van der Waals surface area contributed by atoms with Gasteiger partial charge in [0.05, 0.1) is 19.3 Å². The van der Waals surface area contributed by atoms with Crippen LogP contribution in [-0.2, 0) is 43.9 Å². The number of anilines is 2. The summed E-state index contributed by atoms with van der Waals surface area (Å²) in [7, 11) is -3.00. The van der Waals surface area contributed by atoms with Gasteiger partial charge in [0, 0.05) is 4.57 Å². The molecule has 7 N–H and O–H groups in total. The molecule has 234 valence electrons. The normalized spacial score (nSPS) is 35.8. The molecular formula is C20H22FN10O10P2S+. The van der Waals surface area contributed by atoms with Gasteiger partial charge in [-0.3, -0.25) is 23.4 Å². The van der Waals surface area contributed by atoms with E-state index in [0.717, 1.165) is 10.9 Å². The van der Waals surface area contributed by atoms with E-state index in [0.29, 0.717) is 0 Å². The summed E-state index contributed by atoms with van der Waals surface area (Å²) >= 11 is 5.14. The van der Waals surface area contributed by atoms with E-state index in [9.17, 15) is 19.4 Å². The fourth-order valence-corrected chi connectivity index (χ4v) is 7.37. The van der Waals surface area contributed by atoms with Crippen LogP contribution >= 0.6 is 15.0 Å². The molecule has 0 saturated carbocycles. The summed E-state index contributed by atoms with van der Waals surface area (Å²) in [6.45, 7) is -5.38. The van der Waals surface area contributed by atoms with E-state index < -0.39 is 82.9 Å². The molecule has 3 aliphatic rings. The van der Waals surface area contributed by atoms with Crippen molar-refractivity contribution in [3.63, 3.8) is 0 Å². The van der Waals surface area contributed by atoms with Crippen molar-refractivity contribution >= 4 is 60.9 Å². The monoisotopic (exact) mass is 675 g/mol. The Hall–Kier alpha value is -3.14. The minimum atomic E-state index is -4.25. The van der Waals surface area contributed by atoms with Gasteiger partial charge in [-0.15, -0.1) is 9.05 Å². The van der Waals surface area contributed by atoms with Gasteiger partial charge in [-0.2, -0.15) is 4.98 Å². The number of aromatic amines is 1. The third kappa shape index (κ3) is 5.07. The van der Waals surface area contributed by atoms with Crippen LogP contribution in [0, 0.1) is 0 Å². The number of aliphatic hydroxyl groups is 1. The minimum absolute atomic E-state index is 0.0875. The molecule has 0 spiro atoms. The fourth-order valence-electron chi connectivity index (χ4n) is 5.17. The van der Waals surface area contributed by atoms with Crippen molar-refractivity contribution in [2.45, 2.75) is 49.1 Å². The van der Waals surface area contributed by atoms with E-state index in [2.05, 4.69) is 29.9 Å². The quantitative estimate of drug-likeness (QED) is 0.164. The first-order chi connectivity index (χ1) is 21.0. The molecular weight excluding hydrogens is 653 g/mol. The van der Waals surface area contributed by atoms with Gasteiger partial charge in [0.25, 0.3) is 5.56 Å². The summed E-state index contributed by atoms with van der Waals surface area (Å²) in [5.74, 6) is -0.158. The standard InChI is InChI=1S/C20H21FN10O10P2S/c21-8-12-7(39-18(8)31-5-27-10-16(31)28-20(23)29-17(10)33)1-36-42(34)40-13-11(32)6(2-37-43(35,44)41-12)38-19(13)30-4-26-9-14(22)24-3-25-15(9)30/h3-8,11-13,18-19,32H,1-2H2,(H5-,22,23,24,25,28,29,33,35,44)/p+1/t6-,7-,8-,11-,12-,13-,18-,19-,43?/m1/s1. The molecule has 4 aromatic rings. The Labute approximate surface area is 249 Å². The SMILES string of the molecule is Nc1nc2c(ncn2[C@@H]2O[C@@H]3CO[P+](=O)O[C@@H]4[C@H](O)[C@@H](COP(O)(=S)O[C@H]3[C@H]2F)O[C@H]4n2cnc3c(N)ncnc32)c(=O)[nH]1. The van der Waals surface area contributed by atoms with Crippen molar-refractivity contribution in [3.05, 3.63) is 29.3 Å². The van der Waals surface area contributed by atoms with E-state index in [1.807, 2.05) is 0 Å². The van der Waals surface area contributed by atoms with Crippen LogP contribution < -0.4 is 17.0 Å². The molecule has 2 bridgehead atoms. The van der Waals surface area contributed by atoms with Gasteiger partial charge >= 0.3 is 15.0 Å². The van der Waals surface area contributed by atoms with Crippen LogP contribution in [0.25, 0.3) is 22.3 Å². The number of rotatable bonds is 2. The van der Waals surface area contributed by atoms with Crippen LogP contribution in [0.15, 0.2) is 23.8 Å². The Bertz CT molecular complexity index is 1880. The molecule has 7 rings (SSSR count). The molecule has 20 nitrogen and oxygen atoms in total. The van der Waals surface area contributed by atoms with Crippen LogP contribution in [0.2, 0.25) is 0 Å². The number of alkyl halides is 1. The summed E-state index contributed by atoms with van der Waals surface area (Å²) in [5.41, 5.74) is 11.1. The average molecular weight is 675 g/mol. The van der Waals surface area contributed by atoms with E-state index in [1.165, 1.54) is 17.2 Å². The van der Waals surface area contributed by atoms with Gasteiger partial charge in [-0.25, -0.2) is 24.3 Å². The first-order valence-corrected chi connectivity index (χ1v) is 16.4. The largest absolute Gasteiger partial charge is 0.698 e. The highest BCUT2D eigenvalue weighted by Crippen LogP contribution is 2.51. The lowest BCUT2D eigenvalue weighted by molar-refractivity contribution is -0.0579. The number of aromatic nitrogens is 8. The number of hydrogen-bond donors (Lipinski definition) is 5.